The number of ether oxygens (including phenoxy) is 1. The van der Waals surface area contributed by atoms with Gasteiger partial charge in [0.2, 0.25) is 11.9 Å². The van der Waals surface area contributed by atoms with E-state index in [9.17, 15) is 19.7 Å². The van der Waals surface area contributed by atoms with Crippen LogP contribution in [0.2, 0.25) is 0 Å². The average molecular weight is 426 g/mol. The van der Waals surface area contributed by atoms with Gasteiger partial charge in [-0.2, -0.15) is 4.98 Å². The van der Waals surface area contributed by atoms with Gasteiger partial charge in [0, 0.05) is 24.9 Å². The van der Waals surface area contributed by atoms with Crippen molar-refractivity contribution >= 4 is 29.3 Å². The van der Waals surface area contributed by atoms with Crippen molar-refractivity contribution in [3.8, 4) is 11.1 Å². The van der Waals surface area contributed by atoms with E-state index in [-0.39, 0.29) is 18.2 Å². The minimum atomic E-state index is -0.670. The van der Waals surface area contributed by atoms with E-state index in [2.05, 4.69) is 15.4 Å². The molecule has 3 aromatic rings. The minimum Gasteiger partial charge on any atom is -0.444 e. The summed E-state index contributed by atoms with van der Waals surface area (Å²) in [5, 5.41) is 18.0. The first-order chi connectivity index (χ1) is 14.5. The molecule has 0 aliphatic carbocycles. The van der Waals surface area contributed by atoms with E-state index in [1.165, 1.54) is 17.6 Å². The Kier molecular flexibility index (Phi) is 5.86. The highest BCUT2D eigenvalue weighted by molar-refractivity contribution is 5.92. The Bertz CT molecular complexity index is 1150. The van der Waals surface area contributed by atoms with Crippen molar-refractivity contribution < 1.29 is 19.2 Å². The van der Waals surface area contributed by atoms with Gasteiger partial charge in [0.25, 0.3) is 5.69 Å². The molecule has 0 saturated carbocycles. The number of nitro benzene ring substituents is 1. The van der Waals surface area contributed by atoms with Gasteiger partial charge in [-0.1, -0.05) is 12.1 Å². The van der Waals surface area contributed by atoms with Crippen LogP contribution in [0.4, 0.5) is 16.4 Å². The zero-order valence-corrected chi connectivity index (χ0v) is 17.5. The van der Waals surface area contributed by atoms with Crippen molar-refractivity contribution in [1.82, 2.24) is 19.5 Å². The summed E-state index contributed by atoms with van der Waals surface area (Å²) in [7, 11) is 1.45. The lowest BCUT2D eigenvalue weighted by Crippen LogP contribution is -2.38. The number of fused-ring (bicyclic) bond motifs is 1. The number of hydrogen-bond acceptors (Lipinski definition) is 7. The Labute approximate surface area is 177 Å². The first-order valence-electron chi connectivity index (χ1n) is 9.38. The van der Waals surface area contributed by atoms with E-state index in [1.54, 1.807) is 57.3 Å². The van der Waals surface area contributed by atoms with Crippen LogP contribution in [0.15, 0.2) is 42.6 Å². The van der Waals surface area contributed by atoms with Crippen molar-refractivity contribution in [3.63, 3.8) is 0 Å². The van der Waals surface area contributed by atoms with Crippen LogP contribution >= 0.6 is 0 Å². The number of para-hydroxylation sites is 1. The van der Waals surface area contributed by atoms with Crippen LogP contribution < -0.4 is 5.32 Å². The van der Waals surface area contributed by atoms with Crippen LogP contribution in [-0.4, -0.2) is 55.6 Å². The van der Waals surface area contributed by atoms with Crippen molar-refractivity contribution in [1.29, 1.82) is 0 Å². The highest BCUT2D eigenvalue weighted by Gasteiger charge is 2.22. The molecule has 0 aliphatic rings. The third-order valence-corrected chi connectivity index (χ3v) is 4.08. The smallest absolute Gasteiger partial charge is 0.410 e. The van der Waals surface area contributed by atoms with Gasteiger partial charge >= 0.3 is 6.09 Å². The average Bonchev–Trinajstić information content (AvgIpc) is 3.07. The largest absolute Gasteiger partial charge is 0.444 e. The summed E-state index contributed by atoms with van der Waals surface area (Å²) >= 11 is 0. The normalized spacial score (nSPS) is 11.2. The fourth-order valence-electron chi connectivity index (χ4n) is 2.76. The van der Waals surface area contributed by atoms with Crippen molar-refractivity contribution in [2.45, 2.75) is 26.4 Å². The number of carbonyl (C=O) groups is 2. The van der Waals surface area contributed by atoms with Crippen LogP contribution in [0, 0.1) is 10.1 Å². The highest BCUT2D eigenvalue weighted by atomic mass is 16.6. The number of rotatable bonds is 5. The quantitative estimate of drug-likeness (QED) is 0.490. The molecule has 0 spiro atoms. The number of anilines is 1. The molecule has 162 valence electrons. The van der Waals surface area contributed by atoms with Crippen molar-refractivity contribution in [2.75, 3.05) is 18.9 Å². The second-order valence-electron chi connectivity index (χ2n) is 7.81. The maximum absolute atomic E-state index is 12.3. The SMILES string of the molecule is CN(CC(=O)Nc1nc2ccc(-c3ccccc3[N+](=O)[O-])cn2n1)C(=O)OC(C)(C)C. The van der Waals surface area contributed by atoms with Crippen LogP contribution in [0.25, 0.3) is 16.8 Å². The van der Waals surface area contributed by atoms with Gasteiger partial charge in [0.05, 0.1) is 10.5 Å². The number of hydrogen-bond donors (Lipinski definition) is 1. The molecule has 11 heteroatoms. The lowest BCUT2D eigenvalue weighted by molar-refractivity contribution is -0.384. The summed E-state index contributed by atoms with van der Waals surface area (Å²) in [4.78, 5) is 40.4. The maximum atomic E-state index is 12.3. The topological polar surface area (TPSA) is 132 Å². The molecule has 11 nitrogen and oxygen atoms in total. The Morgan fingerprint density at radius 3 is 2.61 bits per heavy atom. The molecule has 0 fully saturated rings. The monoisotopic (exact) mass is 426 g/mol. The van der Waals surface area contributed by atoms with Gasteiger partial charge in [-0.3, -0.25) is 20.2 Å². The van der Waals surface area contributed by atoms with E-state index in [4.69, 9.17) is 4.74 Å². The van der Waals surface area contributed by atoms with Gasteiger partial charge in [-0.15, -0.1) is 5.10 Å². The van der Waals surface area contributed by atoms with E-state index >= 15 is 0 Å². The highest BCUT2D eigenvalue weighted by Crippen LogP contribution is 2.29. The molecule has 0 unspecified atom stereocenters. The van der Waals surface area contributed by atoms with Gasteiger partial charge in [0.1, 0.15) is 12.1 Å². The number of carbonyl (C=O) groups excluding carboxylic acids is 2. The predicted octanol–water partition coefficient (Wildman–Crippen LogP) is 3.11. The molecule has 0 aliphatic heterocycles. The molecular formula is C20H22N6O5. The van der Waals surface area contributed by atoms with Crippen LogP contribution in [0.1, 0.15) is 20.8 Å². The standard InChI is InChI=1S/C20H22N6O5/c1-20(2,3)31-19(28)24(4)12-17(27)22-18-21-16-10-9-13(11-25(16)23-18)14-7-5-6-8-15(14)26(29)30/h5-11H,12H2,1-4H3,(H,22,23,27). The van der Waals surface area contributed by atoms with Gasteiger partial charge in [-0.25, -0.2) is 9.31 Å². The number of nitrogens with one attached hydrogen (secondary N) is 1. The van der Waals surface area contributed by atoms with Gasteiger partial charge < -0.3 is 9.64 Å². The van der Waals surface area contributed by atoms with Crippen molar-refractivity contribution in [2.24, 2.45) is 0 Å². The molecule has 0 atom stereocenters. The molecule has 1 N–H and O–H groups in total. The van der Waals surface area contributed by atoms with Crippen LogP contribution in [0.5, 0.6) is 0 Å². The molecule has 31 heavy (non-hydrogen) atoms. The fraction of sp³-hybridized carbons (Fsp3) is 0.300. The van der Waals surface area contributed by atoms with Crippen LogP contribution in [-0.2, 0) is 9.53 Å². The van der Waals surface area contributed by atoms with Crippen molar-refractivity contribution in [3.05, 3.63) is 52.7 Å². The third-order valence-electron chi connectivity index (χ3n) is 4.08. The molecule has 2 heterocycles. The zero-order chi connectivity index (χ0) is 22.8. The Hall–Kier alpha value is -4.02. The number of benzene rings is 1. The molecule has 0 bridgehead atoms. The first kappa shape index (κ1) is 21.7. The maximum Gasteiger partial charge on any atom is 0.410 e. The summed E-state index contributed by atoms with van der Waals surface area (Å²) < 4.78 is 6.62. The van der Waals surface area contributed by atoms with Gasteiger partial charge in [0.15, 0.2) is 5.65 Å². The zero-order valence-electron chi connectivity index (χ0n) is 17.5. The molecular weight excluding hydrogens is 404 g/mol. The number of pyridine rings is 1. The summed E-state index contributed by atoms with van der Waals surface area (Å²) in [5.41, 5.74) is 0.761. The second kappa shape index (κ2) is 8.38. The van der Waals surface area contributed by atoms with E-state index in [1.807, 2.05) is 0 Å². The Morgan fingerprint density at radius 2 is 1.94 bits per heavy atom. The van der Waals surface area contributed by atoms with E-state index in [0.29, 0.717) is 16.8 Å². The number of aromatic nitrogens is 3. The van der Waals surface area contributed by atoms with E-state index in [0.717, 1.165) is 4.90 Å². The minimum absolute atomic E-state index is 0.0272. The fourth-order valence-corrected chi connectivity index (χ4v) is 2.76. The predicted molar refractivity (Wildman–Crippen MR) is 113 cm³/mol. The number of nitro groups is 1. The Balaban J connectivity index is 1.74. The second-order valence-corrected chi connectivity index (χ2v) is 7.81. The van der Waals surface area contributed by atoms with Gasteiger partial charge in [-0.05, 0) is 39.0 Å². The molecule has 0 radical (unpaired) electrons. The molecule has 2 aromatic heterocycles. The molecule has 0 saturated heterocycles. The van der Waals surface area contributed by atoms with Crippen LogP contribution in [0.3, 0.4) is 0 Å². The van der Waals surface area contributed by atoms with E-state index < -0.39 is 22.5 Å². The summed E-state index contributed by atoms with van der Waals surface area (Å²) in [6, 6.07) is 9.70. The molecule has 3 rings (SSSR count). The number of amides is 2. The summed E-state index contributed by atoms with van der Waals surface area (Å²) in [6.45, 7) is 4.96. The third kappa shape index (κ3) is 5.32. The molecule has 1 aromatic carbocycles. The summed E-state index contributed by atoms with van der Waals surface area (Å²) in [5.74, 6) is -0.453. The molecule has 2 amide bonds. The number of nitrogens with zero attached hydrogens (tertiary/aromatic N) is 5. The lowest BCUT2D eigenvalue weighted by atomic mass is 10.1. The lowest BCUT2D eigenvalue weighted by Gasteiger charge is -2.24. The number of likely N-dealkylation sites (N-methyl/N-ethyl adjacent to an activating group) is 1. The first-order valence-corrected chi connectivity index (χ1v) is 9.38. The Morgan fingerprint density at radius 1 is 1.23 bits per heavy atom. The summed E-state index contributed by atoms with van der Waals surface area (Å²) in [6.07, 6.45) is 0.965.